The minimum Gasteiger partial charge on any atom is -0.288 e. The molecule has 0 fully saturated rings. The molecular formula is C19H31OS+. The summed E-state index contributed by atoms with van der Waals surface area (Å²) in [6.45, 7) is 8.93. The summed E-state index contributed by atoms with van der Waals surface area (Å²) < 4.78 is -0.129. The molecule has 0 aliphatic rings. The summed E-state index contributed by atoms with van der Waals surface area (Å²) in [5.74, 6) is 2.71. The van der Waals surface area contributed by atoms with E-state index in [1.165, 1.54) is 12.2 Å². The Kier molecular flexibility index (Phi) is 8.10. The maximum Gasteiger partial charge on any atom is 0.217 e. The lowest BCUT2D eigenvalue weighted by Crippen LogP contribution is -2.48. The Hall–Kier alpha value is -0.760. The van der Waals surface area contributed by atoms with Crippen molar-refractivity contribution in [2.75, 3.05) is 11.5 Å². The van der Waals surface area contributed by atoms with Gasteiger partial charge in [-0.05, 0) is 13.3 Å². The van der Waals surface area contributed by atoms with Crippen molar-refractivity contribution in [2.24, 2.45) is 0 Å². The highest BCUT2D eigenvalue weighted by Gasteiger charge is 2.50. The fourth-order valence-electron chi connectivity index (χ4n) is 3.29. The number of carbonyl (C=O) groups excluding carboxylic acids is 1. The summed E-state index contributed by atoms with van der Waals surface area (Å²) in [5.41, 5.74) is 0.904. The van der Waals surface area contributed by atoms with Crippen LogP contribution in [0.3, 0.4) is 0 Å². The van der Waals surface area contributed by atoms with Crippen LogP contribution in [0.2, 0.25) is 0 Å². The highest BCUT2D eigenvalue weighted by Crippen LogP contribution is 2.35. The number of hydrogen-bond donors (Lipinski definition) is 0. The molecule has 0 radical (unpaired) electrons. The SMILES string of the molecule is CCC[S+](CC)C(CCC)(CCC)C(=O)c1ccccc1. The molecule has 118 valence electrons. The van der Waals surface area contributed by atoms with Crippen LogP contribution in [0.4, 0.5) is 0 Å². The van der Waals surface area contributed by atoms with E-state index in [-0.39, 0.29) is 15.6 Å². The van der Waals surface area contributed by atoms with Crippen molar-refractivity contribution in [1.82, 2.24) is 0 Å². The Morgan fingerprint density at radius 1 is 0.952 bits per heavy atom. The van der Waals surface area contributed by atoms with E-state index in [9.17, 15) is 4.79 Å². The summed E-state index contributed by atoms with van der Waals surface area (Å²) in [7, 11) is 0.192. The van der Waals surface area contributed by atoms with E-state index in [0.29, 0.717) is 5.78 Å². The summed E-state index contributed by atoms with van der Waals surface area (Å²) in [4.78, 5) is 13.3. The third-order valence-electron chi connectivity index (χ3n) is 4.11. The van der Waals surface area contributed by atoms with Crippen molar-refractivity contribution in [3.05, 3.63) is 35.9 Å². The number of benzene rings is 1. The normalized spacial score (nSPS) is 13.1. The molecule has 1 atom stereocenters. The molecule has 2 heteroatoms. The molecule has 0 N–H and O–H groups in total. The zero-order valence-electron chi connectivity index (χ0n) is 14.2. The van der Waals surface area contributed by atoms with Gasteiger partial charge in [-0.3, -0.25) is 4.79 Å². The first-order valence-corrected chi connectivity index (χ1v) is 9.99. The van der Waals surface area contributed by atoms with E-state index in [1.54, 1.807) is 0 Å². The average molecular weight is 308 g/mol. The molecule has 1 nitrogen and oxygen atoms in total. The van der Waals surface area contributed by atoms with Crippen LogP contribution in [0, 0.1) is 0 Å². The third kappa shape index (κ3) is 4.35. The first kappa shape index (κ1) is 18.3. The van der Waals surface area contributed by atoms with Crippen LogP contribution in [-0.2, 0) is 10.9 Å². The second kappa shape index (κ2) is 9.30. The lowest BCUT2D eigenvalue weighted by atomic mass is 9.88. The summed E-state index contributed by atoms with van der Waals surface area (Å²) >= 11 is 0. The van der Waals surface area contributed by atoms with Crippen LogP contribution in [-0.4, -0.2) is 22.0 Å². The van der Waals surface area contributed by atoms with Gasteiger partial charge in [0.15, 0.2) is 4.75 Å². The number of rotatable bonds is 10. The standard InChI is InChI=1S/C19H31OS/c1-5-14-19(15-6-2,21(8-4)16-7-3)18(20)17-12-10-9-11-13-17/h9-13H,5-8,14-16H2,1-4H3/q+1. The topological polar surface area (TPSA) is 17.1 Å². The molecule has 0 heterocycles. The van der Waals surface area contributed by atoms with Gasteiger partial charge in [-0.15, -0.1) is 0 Å². The predicted molar refractivity (Wildman–Crippen MR) is 96.4 cm³/mol. The van der Waals surface area contributed by atoms with E-state index in [2.05, 4.69) is 27.7 Å². The van der Waals surface area contributed by atoms with Crippen molar-refractivity contribution in [3.8, 4) is 0 Å². The van der Waals surface area contributed by atoms with Crippen LogP contribution < -0.4 is 0 Å². The van der Waals surface area contributed by atoms with Crippen molar-refractivity contribution in [2.45, 2.75) is 64.5 Å². The molecule has 0 amide bonds. The lowest BCUT2D eigenvalue weighted by molar-refractivity contribution is 0.0928. The number of hydrogen-bond acceptors (Lipinski definition) is 1. The largest absolute Gasteiger partial charge is 0.288 e. The third-order valence-corrected chi connectivity index (χ3v) is 7.41. The molecule has 0 saturated heterocycles. The van der Waals surface area contributed by atoms with Crippen LogP contribution in [0.25, 0.3) is 0 Å². The Morgan fingerprint density at radius 2 is 1.52 bits per heavy atom. The highest BCUT2D eigenvalue weighted by atomic mass is 32.2. The van der Waals surface area contributed by atoms with Gasteiger partial charge in [0, 0.05) is 29.3 Å². The maximum atomic E-state index is 13.3. The molecule has 1 rings (SSSR count). The van der Waals surface area contributed by atoms with Crippen LogP contribution >= 0.6 is 0 Å². The minimum absolute atomic E-state index is 0.129. The van der Waals surface area contributed by atoms with Crippen molar-refractivity contribution < 1.29 is 4.79 Å². The van der Waals surface area contributed by atoms with Gasteiger partial charge in [0.05, 0.1) is 0 Å². The molecular weight excluding hydrogens is 276 g/mol. The van der Waals surface area contributed by atoms with E-state index in [1.807, 2.05) is 30.3 Å². The molecule has 0 aromatic heterocycles. The smallest absolute Gasteiger partial charge is 0.217 e. The van der Waals surface area contributed by atoms with E-state index < -0.39 is 0 Å². The Labute approximate surface area is 133 Å². The van der Waals surface area contributed by atoms with Gasteiger partial charge in [0.2, 0.25) is 5.78 Å². The Balaban J connectivity index is 3.23. The van der Waals surface area contributed by atoms with Gasteiger partial charge in [0.1, 0.15) is 11.5 Å². The predicted octanol–water partition coefficient (Wildman–Crippen LogP) is 5.26. The Morgan fingerprint density at radius 3 is 1.95 bits per heavy atom. The summed E-state index contributed by atoms with van der Waals surface area (Å²) in [6.07, 6.45) is 5.42. The monoisotopic (exact) mass is 307 g/mol. The van der Waals surface area contributed by atoms with Crippen molar-refractivity contribution in [3.63, 3.8) is 0 Å². The van der Waals surface area contributed by atoms with E-state index in [0.717, 1.165) is 37.0 Å². The molecule has 0 spiro atoms. The van der Waals surface area contributed by atoms with Gasteiger partial charge in [0.25, 0.3) is 0 Å². The molecule has 1 aromatic carbocycles. The Bertz CT molecular complexity index is 407. The quantitative estimate of drug-likeness (QED) is 0.426. The highest BCUT2D eigenvalue weighted by molar-refractivity contribution is 7.98. The zero-order valence-corrected chi connectivity index (χ0v) is 15.0. The fourth-order valence-corrected chi connectivity index (χ4v) is 6.38. The fraction of sp³-hybridized carbons (Fsp3) is 0.632. The van der Waals surface area contributed by atoms with E-state index in [4.69, 9.17) is 0 Å². The van der Waals surface area contributed by atoms with Gasteiger partial charge < -0.3 is 0 Å². The van der Waals surface area contributed by atoms with Crippen LogP contribution in [0.15, 0.2) is 30.3 Å². The summed E-state index contributed by atoms with van der Waals surface area (Å²) in [5, 5.41) is 0. The number of ketones is 1. The van der Waals surface area contributed by atoms with Crippen molar-refractivity contribution in [1.29, 1.82) is 0 Å². The molecule has 0 aliphatic carbocycles. The number of carbonyl (C=O) groups is 1. The molecule has 21 heavy (non-hydrogen) atoms. The van der Waals surface area contributed by atoms with Gasteiger partial charge in [-0.25, -0.2) is 0 Å². The molecule has 1 unspecified atom stereocenters. The average Bonchev–Trinajstić information content (AvgIpc) is 2.52. The first-order chi connectivity index (χ1) is 10.2. The van der Waals surface area contributed by atoms with E-state index >= 15 is 0 Å². The molecule has 0 aliphatic heterocycles. The second-order valence-electron chi connectivity index (χ2n) is 5.68. The van der Waals surface area contributed by atoms with Gasteiger partial charge in [-0.1, -0.05) is 63.9 Å². The van der Waals surface area contributed by atoms with Crippen LogP contribution in [0.1, 0.15) is 70.2 Å². The van der Waals surface area contributed by atoms with Crippen molar-refractivity contribution >= 4 is 16.7 Å². The lowest BCUT2D eigenvalue weighted by Gasteiger charge is -2.31. The van der Waals surface area contributed by atoms with Gasteiger partial charge >= 0.3 is 0 Å². The van der Waals surface area contributed by atoms with Gasteiger partial charge in [-0.2, -0.15) is 0 Å². The first-order valence-electron chi connectivity index (χ1n) is 8.43. The number of Topliss-reactive ketones (excluding diaryl/α,β-unsaturated/α-hetero) is 1. The molecule has 1 aromatic rings. The molecule has 0 bridgehead atoms. The summed E-state index contributed by atoms with van der Waals surface area (Å²) in [6, 6.07) is 9.94. The second-order valence-corrected chi connectivity index (χ2v) is 8.43. The maximum absolute atomic E-state index is 13.3. The molecule has 0 saturated carbocycles. The van der Waals surface area contributed by atoms with Crippen LogP contribution in [0.5, 0.6) is 0 Å². The zero-order chi connectivity index (χ0) is 15.7. The minimum atomic E-state index is -0.129.